The van der Waals surface area contributed by atoms with Gasteiger partial charge >= 0.3 is 0 Å². The van der Waals surface area contributed by atoms with E-state index in [0.29, 0.717) is 6.54 Å². The monoisotopic (exact) mass is 252 g/mol. The van der Waals surface area contributed by atoms with Gasteiger partial charge in [-0.05, 0) is 18.1 Å². The number of benzene rings is 1. The molecule has 15 heavy (non-hydrogen) atoms. The highest BCUT2D eigenvalue weighted by Gasteiger charge is 2.05. The van der Waals surface area contributed by atoms with Crippen LogP contribution in [-0.4, -0.2) is 19.7 Å². The number of methoxy groups -OCH3 is 1. The van der Waals surface area contributed by atoms with Crippen LogP contribution in [0.2, 0.25) is 0 Å². The molecule has 4 N–H and O–H groups in total. The average molecular weight is 253 g/mol. The summed E-state index contributed by atoms with van der Waals surface area (Å²) >= 11 is 0. The second kappa shape index (κ2) is 8.80. The van der Waals surface area contributed by atoms with Gasteiger partial charge < -0.3 is 16.2 Å². The van der Waals surface area contributed by atoms with Crippen LogP contribution >= 0.6 is 24.8 Å². The maximum atomic E-state index is 5.75. The fourth-order valence-corrected chi connectivity index (χ4v) is 1.24. The number of hydrogen-bond acceptors (Lipinski definition) is 3. The topological polar surface area (TPSA) is 61.3 Å². The van der Waals surface area contributed by atoms with Crippen molar-refractivity contribution < 1.29 is 4.74 Å². The van der Waals surface area contributed by atoms with Crippen molar-refractivity contribution in [3.05, 3.63) is 29.8 Å². The molecule has 0 aliphatic rings. The molecule has 5 heteroatoms. The molecule has 1 unspecified atom stereocenters. The predicted molar refractivity (Wildman–Crippen MR) is 68.2 cm³/mol. The molecule has 3 nitrogen and oxygen atoms in total. The van der Waals surface area contributed by atoms with Gasteiger partial charge in [0.15, 0.2) is 0 Å². The first-order valence-corrected chi connectivity index (χ1v) is 4.35. The van der Waals surface area contributed by atoms with Gasteiger partial charge in [0.1, 0.15) is 5.75 Å². The first kappa shape index (κ1) is 16.9. The molecule has 0 amide bonds. The van der Waals surface area contributed by atoms with Gasteiger partial charge in [-0.25, -0.2) is 0 Å². The lowest BCUT2D eigenvalue weighted by molar-refractivity contribution is 0.408. The summed E-state index contributed by atoms with van der Waals surface area (Å²) in [5.41, 5.74) is 12.3. The van der Waals surface area contributed by atoms with E-state index in [4.69, 9.17) is 16.2 Å². The van der Waals surface area contributed by atoms with Crippen molar-refractivity contribution in [1.82, 2.24) is 0 Å². The quantitative estimate of drug-likeness (QED) is 0.851. The van der Waals surface area contributed by atoms with Crippen molar-refractivity contribution in [3.63, 3.8) is 0 Å². The second-order valence-electron chi connectivity index (χ2n) is 3.01. The highest BCUT2D eigenvalue weighted by molar-refractivity contribution is 5.85. The maximum Gasteiger partial charge on any atom is 0.122 e. The minimum Gasteiger partial charge on any atom is -0.496 e. The lowest BCUT2D eigenvalue weighted by Crippen LogP contribution is -2.31. The summed E-state index contributed by atoms with van der Waals surface area (Å²) in [5.74, 6) is 0.881. The van der Waals surface area contributed by atoms with Crippen LogP contribution in [0, 0.1) is 0 Å². The van der Waals surface area contributed by atoms with E-state index < -0.39 is 0 Å². The van der Waals surface area contributed by atoms with Gasteiger partial charge in [0.05, 0.1) is 7.11 Å². The Morgan fingerprint density at radius 1 is 1.27 bits per heavy atom. The summed E-state index contributed by atoms with van der Waals surface area (Å²) in [6.07, 6.45) is 0.764. The van der Waals surface area contributed by atoms with Gasteiger partial charge in [-0.15, -0.1) is 24.8 Å². The highest BCUT2D eigenvalue weighted by Crippen LogP contribution is 2.18. The third-order valence-corrected chi connectivity index (χ3v) is 1.98. The van der Waals surface area contributed by atoms with Crippen LogP contribution in [0.1, 0.15) is 5.56 Å². The van der Waals surface area contributed by atoms with Crippen LogP contribution in [0.25, 0.3) is 0 Å². The Kier molecular flexibility index (Phi) is 9.93. The molecule has 0 saturated heterocycles. The summed E-state index contributed by atoms with van der Waals surface area (Å²) in [6, 6.07) is 7.86. The first-order valence-electron chi connectivity index (χ1n) is 4.35. The van der Waals surface area contributed by atoms with Crippen molar-refractivity contribution in [2.45, 2.75) is 12.5 Å². The average Bonchev–Trinajstić information content (AvgIpc) is 2.18. The summed E-state index contributed by atoms with van der Waals surface area (Å²) in [7, 11) is 1.66. The molecular formula is C10H18Cl2N2O. The van der Waals surface area contributed by atoms with E-state index in [1.54, 1.807) is 7.11 Å². The van der Waals surface area contributed by atoms with Gasteiger partial charge in [-0.1, -0.05) is 18.2 Å². The Bertz CT molecular complexity index is 271. The van der Waals surface area contributed by atoms with Crippen molar-refractivity contribution in [2.75, 3.05) is 13.7 Å². The maximum absolute atomic E-state index is 5.75. The SMILES string of the molecule is COc1ccccc1CC(N)CN.Cl.Cl. The molecule has 88 valence electrons. The number of nitrogens with two attached hydrogens (primary N) is 2. The lowest BCUT2D eigenvalue weighted by Gasteiger charge is -2.11. The Balaban J connectivity index is 0. The predicted octanol–water partition coefficient (Wildman–Crippen LogP) is 1.37. The Morgan fingerprint density at radius 2 is 1.87 bits per heavy atom. The Hall–Kier alpha value is -0.480. The van der Waals surface area contributed by atoms with Crippen molar-refractivity contribution in [3.8, 4) is 5.75 Å². The summed E-state index contributed by atoms with van der Waals surface area (Å²) < 4.78 is 5.19. The van der Waals surface area contributed by atoms with Crippen LogP contribution in [0.3, 0.4) is 0 Å². The third kappa shape index (κ3) is 5.23. The Labute approximate surface area is 103 Å². The van der Waals surface area contributed by atoms with Crippen LogP contribution in [-0.2, 0) is 6.42 Å². The van der Waals surface area contributed by atoms with Crippen molar-refractivity contribution in [1.29, 1.82) is 0 Å². The summed E-state index contributed by atoms with van der Waals surface area (Å²) in [4.78, 5) is 0. The number of rotatable bonds is 4. The van der Waals surface area contributed by atoms with Gasteiger partial charge in [0, 0.05) is 12.6 Å². The van der Waals surface area contributed by atoms with Crippen molar-refractivity contribution in [2.24, 2.45) is 11.5 Å². The molecule has 0 radical (unpaired) electrons. The van der Waals surface area contributed by atoms with E-state index in [1.165, 1.54) is 0 Å². The van der Waals surface area contributed by atoms with E-state index in [2.05, 4.69) is 0 Å². The molecule has 1 aromatic carbocycles. The lowest BCUT2D eigenvalue weighted by atomic mass is 10.1. The zero-order valence-electron chi connectivity index (χ0n) is 8.68. The van der Waals surface area contributed by atoms with Gasteiger partial charge in [0.25, 0.3) is 0 Å². The smallest absolute Gasteiger partial charge is 0.122 e. The number of hydrogen-bond donors (Lipinski definition) is 2. The fourth-order valence-electron chi connectivity index (χ4n) is 1.24. The molecule has 1 aromatic rings. The normalized spacial score (nSPS) is 10.9. The molecule has 1 atom stereocenters. The van der Waals surface area contributed by atoms with E-state index in [0.717, 1.165) is 17.7 Å². The van der Waals surface area contributed by atoms with Gasteiger partial charge in [-0.2, -0.15) is 0 Å². The summed E-state index contributed by atoms with van der Waals surface area (Å²) in [6.45, 7) is 0.498. The van der Waals surface area contributed by atoms with Crippen LogP contribution in [0.4, 0.5) is 0 Å². The van der Waals surface area contributed by atoms with Crippen LogP contribution in [0.15, 0.2) is 24.3 Å². The highest BCUT2D eigenvalue weighted by atomic mass is 35.5. The van der Waals surface area contributed by atoms with Crippen LogP contribution < -0.4 is 16.2 Å². The van der Waals surface area contributed by atoms with E-state index in [-0.39, 0.29) is 30.9 Å². The summed E-state index contributed by atoms with van der Waals surface area (Å²) in [5, 5.41) is 0. The molecule has 0 saturated carbocycles. The fraction of sp³-hybridized carbons (Fsp3) is 0.400. The van der Waals surface area contributed by atoms with Crippen LogP contribution in [0.5, 0.6) is 5.75 Å². The van der Waals surface area contributed by atoms with E-state index in [9.17, 15) is 0 Å². The molecule has 0 aliphatic carbocycles. The third-order valence-electron chi connectivity index (χ3n) is 1.98. The standard InChI is InChI=1S/C10H16N2O.2ClH/c1-13-10-5-3-2-4-8(10)6-9(12)7-11;;/h2-5,9H,6-7,11-12H2,1H3;2*1H. The molecular weight excluding hydrogens is 235 g/mol. The Morgan fingerprint density at radius 3 is 2.40 bits per heavy atom. The first-order chi connectivity index (χ1) is 6.27. The number of para-hydroxylation sites is 1. The molecule has 0 heterocycles. The minimum atomic E-state index is 0. The molecule has 0 aliphatic heterocycles. The molecule has 0 bridgehead atoms. The number of halogens is 2. The number of ether oxygens (including phenoxy) is 1. The van der Waals surface area contributed by atoms with E-state index >= 15 is 0 Å². The molecule has 0 fully saturated rings. The zero-order chi connectivity index (χ0) is 9.68. The van der Waals surface area contributed by atoms with Gasteiger partial charge in [0.2, 0.25) is 0 Å². The second-order valence-corrected chi connectivity index (χ2v) is 3.01. The molecule has 0 spiro atoms. The molecule has 0 aromatic heterocycles. The minimum absolute atomic E-state index is 0. The largest absolute Gasteiger partial charge is 0.496 e. The van der Waals surface area contributed by atoms with Gasteiger partial charge in [-0.3, -0.25) is 0 Å². The van der Waals surface area contributed by atoms with Crippen molar-refractivity contribution >= 4 is 24.8 Å². The van der Waals surface area contributed by atoms with E-state index in [1.807, 2.05) is 24.3 Å². The molecule has 1 rings (SSSR count). The zero-order valence-corrected chi connectivity index (χ0v) is 10.3.